The van der Waals surface area contributed by atoms with Gasteiger partial charge in [-0.05, 0) is 30.2 Å². The summed E-state index contributed by atoms with van der Waals surface area (Å²) in [5.41, 5.74) is 6.60. The molecule has 28 heavy (non-hydrogen) atoms. The van der Waals surface area contributed by atoms with Crippen molar-refractivity contribution in [3.05, 3.63) is 47.2 Å². The Bertz CT molecular complexity index is 913. The number of aromatic hydroxyl groups is 2. The van der Waals surface area contributed by atoms with Gasteiger partial charge in [-0.2, -0.15) is 0 Å². The summed E-state index contributed by atoms with van der Waals surface area (Å²) >= 11 is 1.35. The zero-order valence-electron chi connectivity index (χ0n) is 14.8. The van der Waals surface area contributed by atoms with Crippen molar-refractivity contribution in [2.24, 2.45) is 5.73 Å². The van der Waals surface area contributed by atoms with E-state index in [0.29, 0.717) is 11.3 Å². The Labute approximate surface area is 164 Å². The number of aliphatic carboxylic acids is 1. The Morgan fingerprint density at radius 2 is 2.07 bits per heavy atom. The van der Waals surface area contributed by atoms with Crippen LogP contribution < -0.4 is 11.1 Å². The molecule has 2 heterocycles. The lowest BCUT2D eigenvalue weighted by Gasteiger charge is -2.49. The number of carboxylic acid groups (broad SMARTS) is 1. The minimum absolute atomic E-state index is 0.0786. The molecule has 2 amide bonds. The number of carbonyl (C=O) groups excluding carboxylic acids is 2. The van der Waals surface area contributed by atoms with Gasteiger partial charge in [0.05, 0.1) is 0 Å². The van der Waals surface area contributed by atoms with Crippen LogP contribution in [-0.4, -0.2) is 55.2 Å². The van der Waals surface area contributed by atoms with Crippen LogP contribution in [0.25, 0.3) is 0 Å². The molecule has 0 bridgehead atoms. The monoisotopic (exact) mass is 405 g/mol. The fourth-order valence-electron chi connectivity index (χ4n) is 3.10. The number of carboxylic acids is 1. The molecular weight excluding hydrogens is 386 g/mol. The highest BCUT2D eigenvalue weighted by molar-refractivity contribution is 8.00. The van der Waals surface area contributed by atoms with Gasteiger partial charge in [-0.1, -0.05) is 18.2 Å². The predicted octanol–water partition coefficient (Wildman–Crippen LogP) is 0.412. The first-order valence-electron chi connectivity index (χ1n) is 8.38. The summed E-state index contributed by atoms with van der Waals surface area (Å²) < 4.78 is 0. The Kier molecular flexibility index (Phi) is 5.34. The number of nitrogens with two attached hydrogens (primary N) is 1. The van der Waals surface area contributed by atoms with Crippen molar-refractivity contribution in [1.82, 2.24) is 10.2 Å². The van der Waals surface area contributed by atoms with Gasteiger partial charge in [-0.3, -0.25) is 14.5 Å². The second-order valence-corrected chi connectivity index (χ2v) is 7.41. The highest BCUT2D eigenvalue weighted by Crippen LogP contribution is 2.40. The second-order valence-electron chi connectivity index (χ2n) is 6.30. The summed E-state index contributed by atoms with van der Waals surface area (Å²) in [5, 5.41) is 30.4. The lowest BCUT2D eigenvalue weighted by molar-refractivity contribution is -0.150. The minimum Gasteiger partial charge on any atom is -0.504 e. The van der Waals surface area contributed by atoms with E-state index in [4.69, 9.17) is 5.73 Å². The molecule has 6 N–H and O–H groups in total. The van der Waals surface area contributed by atoms with Crippen LogP contribution in [0.1, 0.15) is 18.5 Å². The number of hydrogen-bond donors (Lipinski definition) is 5. The molecule has 1 aromatic carbocycles. The van der Waals surface area contributed by atoms with E-state index in [9.17, 15) is 29.7 Å². The first kappa shape index (κ1) is 19.8. The molecule has 2 aliphatic rings. The van der Waals surface area contributed by atoms with Crippen LogP contribution in [0.5, 0.6) is 11.5 Å². The highest BCUT2D eigenvalue weighted by atomic mass is 32.2. The van der Waals surface area contributed by atoms with Gasteiger partial charge in [0.2, 0.25) is 5.91 Å². The molecule has 1 unspecified atom stereocenters. The van der Waals surface area contributed by atoms with Crippen molar-refractivity contribution in [2.75, 3.05) is 5.75 Å². The van der Waals surface area contributed by atoms with Crippen LogP contribution in [0, 0.1) is 0 Å². The number of phenols is 2. The average Bonchev–Trinajstić information content (AvgIpc) is 2.67. The number of β-lactam (4-membered cyclic amide) rings is 1. The van der Waals surface area contributed by atoms with E-state index >= 15 is 0 Å². The van der Waals surface area contributed by atoms with Crippen molar-refractivity contribution in [3.8, 4) is 11.5 Å². The molecule has 3 atom stereocenters. The third kappa shape index (κ3) is 3.32. The number of amides is 2. The molecule has 148 valence electrons. The van der Waals surface area contributed by atoms with Gasteiger partial charge < -0.3 is 26.4 Å². The Morgan fingerprint density at radius 3 is 2.68 bits per heavy atom. The Morgan fingerprint density at radius 1 is 1.36 bits per heavy atom. The minimum atomic E-state index is -1.20. The van der Waals surface area contributed by atoms with E-state index < -0.39 is 41.0 Å². The van der Waals surface area contributed by atoms with Gasteiger partial charge in [-0.25, -0.2) is 4.79 Å². The van der Waals surface area contributed by atoms with Crippen LogP contribution in [-0.2, 0) is 14.4 Å². The standard InChI is InChI=1S/C18H19N3O6S/c1-2-3-9-7-28-17-13(16(25)21(17)14(9)18(26)27)20-15(24)12(19)8-4-5-10(22)11(23)6-8/h2-6,12-13,17,22-23H,7,19H2,1H3,(H,20,24)(H,26,27)/b3-2-/t12?,13-,17-/m1/s1. The topological polar surface area (TPSA) is 153 Å². The molecule has 1 aromatic rings. The van der Waals surface area contributed by atoms with Crippen molar-refractivity contribution in [3.63, 3.8) is 0 Å². The molecule has 0 saturated carbocycles. The smallest absolute Gasteiger partial charge is 0.352 e. The average molecular weight is 405 g/mol. The molecule has 0 radical (unpaired) electrons. The number of carbonyl (C=O) groups is 3. The number of nitrogens with one attached hydrogen (secondary N) is 1. The highest BCUT2D eigenvalue weighted by Gasteiger charge is 2.54. The third-order valence-electron chi connectivity index (χ3n) is 4.51. The van der Waals surface area contributed by atoms with Gasteiger partial charge in [0, 0.05) is 5.75 Å². The zero-order chi connectivity index (χ0) is 20.6. The molecule has 0 aromatic heterocycles. The molecule has 0 aliphatic carbocycles. The summed E-state index contributed by atoms with van der Waals surface area (Å²) in [4.78, 5) is 37.7. The zero-order valence-corrected chi connectivity index (χ0v) is 15.6. The van der Waals surface area contributed by atoms with Crippen molar-refractivity contribution in [1.29, 1.82) is 0 Å². The number of nitrogens with zero attached hydrogens (tertiary/aromatic N) is 1. The summed E-state index contributed by atoms with van der Waals surface area (Å²) in [6, 6.07) is 1.69. The van der Waals surface area contributed by atoms with E-state index in [-0.39, 0.29) is 17.0 Å². The van der Waals surface area contributed by atoms with Crippen LogP contribution >= 0.6 is 11.8 Å². The van der Waals surface area contributed by atoms with Gasteiger partial charge in [0.15, 0.2) is 11.5 Å². The summed E-state index contributed by atoms with van der Waals surface area (Å²) in [5.74, 6) is -2.74. The van der Waals surface area contributed by atoms with Crippen molar-refractivity contribution < 1.29 is 29.7 Å². The van der Waals surface area contributed by atoms with Crippen molar-refractivity contribution in [2.45, 2.75) is 24.4 Å². The van der Waals surface area contributed by atoms with E-state index in [1.54, 1.807) is 19.1 Å². The summed E-state index contributed by atoms with van der Waals surface area (Å²) in [6.07, 6.45) is 3.36. The van der Waals surface area contributed by atoms with Gasteiger partial charge >= 0.3 is 5.97 Å². The first-order valence-corrected chi connectivity index (χ1v) is 9.42. The molecule has 3 rings (SSSR count). The summed E-state index contributed by atoms with van der Waals surface area (Å²) in [6.45, 7) is 1.76. The number of thioether (sulfide) groups is 1. The molecule has 1 saturated heterocycles. The predicted molar refractivity (Wildman–Crippen MR) is 101 cm³/mol. The Hall–Kier alpha value is -2.98. The first-order chi connectivity index (χ1) is 13.3. The van der Waals surface area contributed by atoms with E-state index in [1.165, 1.54) is 34.9 Å². The van der Waals surface area contributed by atoms with Crippen LogP contribution in [0.4, 0.5) is 0 Å². The maximum atomic E-state index is 12.5. The molecule has 0 spiro atoms. The second kappa shape index (κ2) is 7.56. The fraction of sp³-hybridized carbons (Fsp3) is 0.278. The third-order valence-corrected chi connectivity index (χ3v) is 5.81. The largest absolute Gasteiger partial charge is 0.504 e. The van der Waals surface area contributed by atoms with E-state index in [2.05, 4.69) is 5.32 Å². The number of rotatable bonds is 5. The molecule has 9 nitrogen and oxygen atoms in total. The van der Waals surface area contributed by atoms with Crippen LogP contribution in [0.15, 0.2) is 41.6 Å². The van der Waals surface area contributed by atoms with Crippen LogP contribution in [0.3, 0.4) is 0 Å². The molecule has 2 aliphatic heterocycles. The SMILES string of the molecule is C/C=C\C1=C(C(=O)O)N2C(=O)[C@@H](NC(=O)C(N)c3ccc(O)c(O)c3)[C@H]2SC1. The van der Waals surface area contributed by atoms with Gasteiger partial charge in [0.1, 0.15) is 23.2 Å². The molecule has 1 fully saturated rings. The fourth-order valence-corrected chi connectivity index (χ4v) is 4.42. The maximum Gasteiger partial charge on any atom is 0.352 e. The molecule has 10 heteroatoms. The lowest BCUT2D eigenvalue weighted by atomic mass is 10.0. The van der Waals surface area contributed by atoms with Crippen molar-refractivity contribution >= 4 is 29.5 Å². The summed E-state index contributed by atoms with van der Waals surface area (Å²) in [7, 11) is 0. The molecular formula is C18H19N3O6S. The van der Waals surface area contributed by atoms with Gasteiger partial charge in [0.25, 0.3) is 5.91 Å². The number of allylic oxidation sites excluding steroid dienone is 2. The Balaban J connectivity index is 1.75. The number of benzene rings is 1. The number of hydrogen-bond acceptors (Lipinski definition) is 7. The number of fused-ring (bicyclic) bond motifs is 1. The van der Waals surface area contributed by atoms with Gasteiger partial charge in [-0.15, -0.1) is 11.8 Å². The van der Waals surface area contributed by atoms with E-state index in [0.717, 1.165) is 0 Å². The number of phenolic OH excluding ortho intramolecular Hbond substituents is 2. The lowest BCUT2D eigenvalue weighted by Crippen LogP contribution is -2.71. The van der Waals surface area contributed by atoms with E-state index in [1.807, 2.05) is 0 Å². The normalized spacial score (nSPS) is 22.6. The maximum absolute atomic E-state index is 12.5. The van der Waals surface area contributed by atoms with Crippen LogP contribution in [0.2, 0.25) is 0 Å². The quantitative estimate of drug-likeness (QED) is 0.349.